The summed E-state index contributed by atoms with van der Waals surface area (Å²) >= 11 is 0. The lowest BCUT2D eigenvalue weighted by molar-refractivity contribution is -0.136. The molecule has 2 aromatic carbocycles. The Morgan fingerprint density at radius 2 is 1.68 bits per heavy atom. The summed E-state index contributed by atoms with van der Waals surface area (Å²) in [4.78, 5) is 82.2. The maximum Gasteiger partial charge on any atom is 0.262 e. The third kappa shape index (κ3) is 8.69. The van der Waals surface area contributed by atoms with Crippen molar-refractivity contribution in [2.24, 2.45) is 5.92 Å². The zero-order valence-electron chi connectivity index (χ0n) is 35.6. The van der Waals surface area contributed by atoms with Crippen LogP contribution >= 0.6 is 0 Å². The molecule has 15 nitrogen and oxygen atoms in total. The van der Waals surface area contributed by atoms with Crippen LogP contribution in [0, 0.1) is 12.5 Å². The average molecular weight is 853 g/mol. The Morgan fingerprint density at radius 3 is 2.40 bits per heavy atom. The Morgan fingerprint density at radius 1 is 0.905 bits per heavy atom. The van der Waals surface area contributed by atoms with Gasteiger partial charge in [-0.25, -0.2) is 9.83 Å². The van der Waals surface area contributed by atoms with Crippen LogP contribution in [0.4, 0.5) is 11.5 Å². The molecular weight excluding hydrogens is 801 g/mol. The summed E-state index contributed by atoms with van der Waals surface area (Å²) in [5.74, 6) is 0.474. The molecule has 3 aliphatic heterocycles. The Balaban J connectivity index is 0.706. The van der Waals surface area contributed by atoms with Gasteiger partial charge >= 0.3 is 0 Å². The third-order valence-electron chi connectivity index (χ3n) is 13.5. The predicted octanol–water partition coefficient (Wildman–Crippen LogP) is 6.24. The Hall–Kier alpha value is -6.40. The number of anilines is 1. The summed E-state index contributed by atoms with van der Waals surface area (Å²) in [7, 11) is 0. The van der Waals surface area contributed by atoms with E-state index in [-0.39, 0.29) is 48.1 Å². The summed E-state index contributed by atoms with van der Waals surface area (Å²) in [5.41, 5.74) is 2.17. The first-order valence-corrected chi connectivity index (χ1v) is 22.2. The highest BCUT2D eigenvalue weighted by Crippen LogP contribution is 2.37. The Kier molecular flexibility index (Phi) is 11.8. The first-order chi connectivity index (χ1) is 30.5. The number of piperidine rings is 2. The van der Waals surface area contributed by atoms with E-state index in [1.807, 2.05) is 30.3 Å². The second-order valence-corrected chi connectivity index (χ2v) is 17.8. The molecule has 5 heterocycles. The SMILES string of the molecule is [C-]#[N+]c1ccc(OC2CCC(NC(=O)c3ccc(N4CCC(CN(C(C)C)C5CC(Oc6ccc7c(c6)C(=O)N(C6CCC(=O)NC6=O)C7=O)C5)CC4)nc3)CC2)c2cccnc12. The molecule has 2 saturated heterocycles. The molecule has 5 aliphatic rings. The van der Waals surface area contributed by atoms with Gasteiger partial charge in [0, 0.05) is 74.8 Å². The molecule has 1 unspecified atom stereocenters. The van der Waals surface area contributed by atoms with Crippen LogP contribution < -0.4 is 25.0 Å². The van der Waals surface area contributed by atoms with Crippen molar-refractivity contribution in [1.29, 1.82) is 0 Å². The molecule has 4 fully saturated rings. The lowest BCUT2D eigenvalue weighted by atomic mass is 9.85. The van der Waals surface area contributed by atoms with E-state index >= 15 is 0 Å². The fraction of sp³-hybridized carbons (Fsp3) is 0.458. The number of carbonyl (C=O) groups excluding carboxylic acids is 5. The fourth-order valence-electron chi connectivity index (χ4n) is 9.85. The number of pyridine rings is 2. The molecular formula is C48H52N8O7. The van der Waals surface area contributed by atoms with Crippen molar-refractivity contribution < 1.29 is 33.4 Å². The molecule has 63 heavy (non-hydrogen) atoms. The molecule has 15 heteroatoms. The van der Waals surface area contributed by atoms with Gasteiger partial charge in [0.05, 0.1) is 34.9 Å². The van der Waals surface area contributed by atoms with Crippen molar-refractivity contribution in [3.05, 3.63) is 95.1 Å². The zero-order chi connectivity index (χ0) is 43.8. The zero-order valence-corrected chi connectivity index (χ0v) is 35.6. The van der Waals surface area contributed by atoms with Crippen LogP contribution in [0.3, 0.4) is 0 Å². The van der Waals surface area contributed by atoms with Gasteiger partial charge in [-0.1, -0.05) is 6.07 Å². The van der Waals surface area contributed by atoms with Crippen molar-refractivity contribution in [1.82, 2.24) is 30.4 Å². The first kappa shape index (κ1) is 41.9. The van der Waals surface area contributed by atoms with Gasteiger partial charge in [0.2, 0.25) is 17.5 Å². The minimum absolute atomic E-state index is 0.0123. The highest BCUT2D eigenvalue weighted by atomic mass is 16.5. The number of nitrogens with zero attached hydrogens (tertiary/aromatic N) is 6. The number of hydrogen-bond acceptors (Lipinski definition) is 11. The van der Waals surface area contributed by atoms with E-state index in [0.29, 0.717) is 40.5 Å². The van der Waals surface area contributed by atoms with Gasteiger partial charge in [-0.2, -0.15) is 0 Å². The average Bonchev–Trinajstić information content (AvgIpc) is 3.52. The monoisotopic (exact) mass is 852 g/mol. The molecule has 5 amide bonds. The van der Waals surface area contributed by atoms with Crippen molar-refractivity contribution in [2.45, 2.75) is 114 Å². The van der Waals surface area contributed by atoms with E-state index in [0.717, 1.165) is 92.9 Å². The van der Waals surface area contributed by atoms with Crippen LogP contribution in [-0.2, 0) is 9.59 Å². The first-order valence-electron chi connectivity index (χ1n) is 22.2. The lowest BCUT2D eigenvalue weighted by Gasteiger charge is -2.46. The van der Waals surface area contributed by atoms with Crippen molar-refractivity contribution in [3.8, 4) is 11.5 Å². The van der Waals surface area contributed by atoms with Crippen molar-refractivity contribution in [3.63, 3.8) is 0 Å². The van der Waals surface area contributed by atoms with Gasteiger partial charge in [0.25, 0.3) is 17.7 Å². The van der Waals surface area contributed by atoms with Gasteiger partial charge in [-0.3, -0.25) is 44.1 Å². The van der Waals surface area contributed by atoms with Crippen LogP contribution in [0.25, 0.3) is 15.7 Å². The van der Waals surface area contributed by atoms with E-state index in [1.54, 1.807) is 36.7 Å². The molecule has 4 aromatic rings. The topological polar surface area (TPSA) is 168 Å². The predicted molar refractivity (Wildman–Crippen MR) is 234 cm³/mol. The summed E-state index contributed by atoms with van der Waals surface area (Å²) in [5, 5.41) is 6.28. The number of carbonyl (C=O) groups is 5. The number of rotatable bonds is 12. The van der Waals surface area contributed by atoms with Crippen LogP contribution in [-0.4, -0.2) is 105 Å². The van der Waals surface area contributed by atoms with E-state index < -0.39 is 29.7 Å². The third-order valence-corrected chi connectivity index (χ3v) is 13.5. The molecule has 0 spiro atoms. The van der Waals surface area contributed by atoms with Crippen LogP contribution in [0.2, 0.25) is 0 Å². The molecule has 0 bridgehead atoms. The molecule has 1 atom stereocenters. The van der Waals surface area contributed by atoms with Gasteiger partial charge < -0.3 is 19.7 Å². The van der Waals surface area contributed by atoms with Gasteiger partial charge in [0.1, 0.15) is 29.5 Å². The summed E-state index contributed by atoms with van der Waals surface area (Å²) in [6.45, 7) is 14.7. The molecule has 2 N–H and O–H groups in total. The molecule has 2 saturated carbocycles. The maximum atomic E-state index is 13.3. The Labute approximate surface area is 366 Å². The smallest absolute Gasteiger partial charge is 0.262 e. The number of ether oxygens (including phenoxy) is 2. The van der Waals surface area contributed by atoms with Crippen LogP contribution in [0.5, 0.6) is 11.5 Å². The summed E-state index contributed by atoms with van der Waals surface area (Å²) in [6.07, 6.45) is 10.7. The van der Waals surface area contributed by atoms with E-state index in [1.165, 1.54) is 0 Å². The lowest BCUT2D eigenvalue weighted by Crippen LogP contribution is -2.54. The van der Waals surface area contributed by atoms with Crippen molar-refractivity contribution in [2.75, 3.05) is 24.5 Å². The largest absolute Gasteiger partial charge is 0.490 e. The second-order valence-electron chi connectivity index (χ2n) is 17.8. The molecule has 326 valence electrons. The normalized spacial score (nSPS) is 24.0. The highest BCUT2D eigenvalue weighted by Gasteiger charge is 2.45. The second kappa shape index (κ2) is 17.8. The number of benzene rings is 2. The highest BCUT2D eigenvalue weighted by molar-refractivity contribution is 6.23. The quantitative estimate of drug-likeness (QED) is 0.122. The maximum absolute atomic E-state index is 13.3. The van der Waals surface area contributed by atoms with Crippen LogP contribution in [0.1, 0.15) is 109 Å². The standard InChI is InChI=1S/C48H52N8O7/c1-28(2)55(32-23-35(24-32)62-34-11-12-36-38(25-34)48(61)56(47(36)60)40-14-17-43(57)53-46(40)59)27-29-18-21-54(22-19-29)42-16-6-30(26-51-42)45(58)52-31-7-9-33(10-8-31)63-41-15-13-39(49-3)44-37(41)5-4-20-50-44/h4-6,11-13,15-16,20,25-26,28-29,31-33,35,40H,7-10,14,17-19,21-24,27H2,1-2H3,(H,52,58)(H,53,57,59). The number of aromatic nitrogens is 2. The van der Waals surface area contributed by atoms with E-state index in [9.17, 15) is 24.0 Å². The van der Waals surface area contributed by atoms with Gasteiger partial charge in [-0.15, -0.1) is 0 Å². The number of amides is 5. The minimum Gasteiger partial charge on any atom is -0.490 e. The van der Waals surface area contributed by atoms with Crippen LogP contribution in [0.15, 0.2) is 67.0 Å². The number of fused-ring (bicyclic) bond motifs is 2. The van der Waals surface area contributed by atoms with E-state index in [4.69, 9.17) is 21.0 Å². The summed E-state index contributed by atoms with van der Waals surface area (Å²) in [6, 6.07) is 15.9. The van der Waals surface area contributed by atoms with Crippen molar-refractivity contribution >= 4 is 51.9 Å². The molecule has 2 aliphatic carbocycles. The fourth-order valence-corrected chi connectivity index (χ4v) is 9.85. The number of hydrogen-bond donors (Lipinski definition) is 2. The molecule has 0 radical (unpaired) electrons. The van der Waals surface area contributed by atoms with Gasteiger partial charge in [-0.05, 0) is 113 Å². The number of nitrogens with one attached hydrogen (secondary N) is 2. The summed E-state index contributed by atoms with van der Waals surface area (Å²) < 4.78 is 12.7. The molecule has 9 rings (SSSR count). The van der Waals surface area contributed by atoms with Gasteiger partial charge in [0.15, 0.2) is 0 Å². The minimum atomic E-state index is -1.00. The van der Waals surface area contributed by atoms with E-state index in [2.05, 4.69) is 44.1 Å². The molecule has 2 aromatic heterocycles. The number of imide groups is 2. The Bertz CT molecular complexity index is 2460.